The highest BCUT2D eigenvalue weighted by Crippen LogP contribution is 2.71. The van der Waals surface area contributed by atoms with Gasteiger partial charge in [-0.05, 0) is 61.3 Å². The molecule has 2 amide bonds. The molecule has 2 bridgehead atoms. The van der Waals surface area contributed by atoms with Gasteiger partial charge in [-0.3, -0.25) is 9.59 Å². The molecule has 6 heteroatoms. The van der Waals surface area contributed by atoms with Crippen molar-refractivity contribution in [3.8, 4) is 0 Å². The van der Waals surface area contributed by atoms with Crippen LogP contribution in [0.5, 0.6) is 0 Å². The van der Waals surface area contributed by atoms with Gasteiger partial charge in [0.15, 0.2) is 0 Å². The maximum atomic E-state index is 13.8. The smallest absolute Gasteiger partial charge is 0.271 e. The predicted octanol–water partition coefficient (Wildman–Crippen LogP) is 5.01. The van der Waals surface area contributed by atoms with E-state index < -0.39 is 5.41 Å². The first-order valence-electron chi connectivity index (χ1n) is 11.0. The predicted molar refractivity (Wildman–Crippen MR) is 122 cm³/mol. The van der Waals surface area contributed by atoms with Crippen LogP contribution in [0.15, 0.2) is 33.8 Å². The summed E-state index contributed by atoms with van der Waals surface area (Å²) in [4.78, 5) is 28.4. The van der Waals surface area contributed by atoms with Crippen molar-refractivity contribution < 1.29 is 9.59 Å². The zero-order valence-corrected chi connectivity index (χ0v) is 20.0. The van der Waals surface area contributed by atoms with Gasteiger partial charge >= 0.3 is 0 Å². The van der Waals surface area contributed by atoms with Crippen LogP contribution in [0.2, 0.25) is 0 Å². The first-order chi connectivity index (χ1) is 14.1. The lowest BCUT2D eigenvalue weighted by Gasteiger charge is -2.43. The van der Waals surface area contributed by atoms with E-state index in [4.69, 9.17) is 0 Å². The average molecular weight is 474 g/mol. The van der Waals surface area contributed by atoms with E-state index in [0.29, 0.717) is 23.8 Å². The third kappa shape index (κ3) is 3.14. The van der Waals surface area contributed by atoms with E-state index in [2.05, 4.69) is 59.1 Å². The minimum atomic E-state index is -0.413. The van der Waals surface area contributed by atoms with E-state index in [-0.39, 0.29) is 16.7 Å². The monoisotopic (exact) mass is 473 g/mol. The molecular weight excluding hydrogens is 442 g/mol. The molecular formula is C24H32BrN3O2. The molecule has 2 saturated carbocycles. The highest BCUT2D eigenvalue weighted by Gasteiger charge is 2.72. The molecule has 4 rings (SSSR count). The van der Waals surface area contributed by atoms with Crippen LogP contribution >= 0.6 is 15.9 Å². The van der Waals surface area contributed by atoms with Gasteiger partial charge in [-0.15, -0.1) is 0 Å². The van der Waals surface area contributed by atoms with Crippen molar-refractivity contribution in [3.63, 3.8) is 0 Å². The van der Waals surface area contributed by atoms with Gasteiger partial charge in [-0.1, -0.05) is 43.6 Å². The number of amides is 2. The number of rotatable bonds is 3. The Balaban J connectivity index is 1.57. The van der Waals surface area contributed by atoms with E-state index in [9.17, 15) is 9.59 Å². The van der Waals surface area contributed by atoms with Crippen LogP contribution in [0.3, 0.4) is 0 Å². The van der Waals surface area contributed by atoms with Gasteiger partial charge in [0.25, 0.3) is 5.91 Å². The Labute approximate surface area is 187 Å². The van der Waals surface area contributed by atoms with E-state index in [1.807, 2.05) is 12.1 Å². The summed E-state index contributed by atoms with van der Waals surface area (Å²) in [6.07, 6.45) is 4.65. The van der Waals surface area contributed by atoms with E-state index in [1.54, 1.807) is 12.1 Å². The van der Waals surface area contributed by atoms with E-state index >= 15 is 0 Å². The Kier molecular flexibility index (Phi) is 5.36. The fraction of sp³-hybridized carbons (Fsp3) is 0.625. The summed E-state index contributed by atoms with van der Waals surface area (Å²) in [6, 6.07) is 7.23. The molecule has 3 fully saturated rings. The number of nitrogens with zero attached hydrogens (tertiary/aromatic N) is 2. The lowest BCUT2D eigenvalue weighted by Crippen LogP contribution is -2.50. The van der Waals surface area contributed by atoms with Crippen molar-refractivity contribution in [2.75, 3.05) is 13.1 Å². The van der Waals surface area contributed by atoms with Gasteiger partial charge < -0.3 is 4.90 Å². The number of hydrazone groups is 1. The number of fused-ring (bicyclic) bond motifs is 2. The Morgan fingerprint density at radius 1 is 1.10 bits per heavy atom. The Bertz CT molecular complexity index is 886. The highest BCUT2D eigenvalue weighted by atomic mass is 79.9. The number of carbonyl (C=O) groups excluding carboxylic acids is 2. The zero-order valence-electron chi connectivity index (χ0n) is 18.4. The summed E-state index contributed by atoms with van der Waals surface area (Å²) < 4.78 is 0.931. The number of halogens is 1. The maximum Gasteiger partial charge on any atom is 0.271 e. The molecule has 1 aliphatic heterocycles. The second kappa shape index (κ2) is 7.47. The van der Waals surface area contributed by atoms with Crippen LogP contribution < -0.4 is 5.43 Å². The minimum Gasteiger partial charge on any atom is -0.342 e. The first-order valence-corrected chi connectivity index (χ1v) is 11.8. The summed E-state index contributed by atoms with van der Waals surface area (Å²) in [5.74, 6) is 0.778. The quantitative estimate of drug-likeness (QED) is 0.626. The lowest BCUT2D eigenvalue weighted by molar-refractivity contribution is -0.148. The molecule has 1 heterocycles. The summed E-state index contributed by atoms with van der Waals surface area (Å²) in [7, 11) is 0. The lowest BCUT2D eigenvalue weighted by atomic mass is 9.64. The largest absolute Gasteiger partial charge is 0.342 e. The fourth-order valence-corrected chi connectivity index (χ4v) is 6.09. The van der Waals surface area contributed by atoms with Crippen LogP contribution in [0.25, 0.3) is 0 Å². The van der Waals surface area contributed by atoms with Crippen LogP contribution in [0.4, 0.5) is 0 Å². The molecule has 0 aromatic heterocycles. The molecule has 30 heavy (non-hydrogen) atoms. The van der Waals surface area contributed by atoms with Gasteiger partial charge in [0.2, 0.25) is 5.91 Å². The summed E-state index contributed by atoms with van der Waals surface area (Å²) in [6.45, 7) is 10.7. The van der Waals surface area contributed by atoms with Gasteiger partial charge in [0.05, 0.1) is 5.41 Å². The van der Waals surface area contributed by atoms with E-state index in [0.717, 1.165) is 49.0 Å². The highest BCUT2D eigenvalue weighted by molar-refractivity contribution is 9.10. The SMILES string of the molecule is CC1CCN(C(=O)[C@]23CC[C@](C)(/C(=N\NC(=O)c4ccc(Br)cc4)C2)C3(C)C)CC1. The Morgan fingerprint density at radius 2 is 1.73 bits per heavy atom. The van der Waals surface area contributed by atoms with E-state index in [1.165, 1.54) is 0 Å². The number of nitrogens with one attached hydrogen (secondary N) is 1. The van der Waals surface area contributed by atoms with Crippen molar-refractivity contribution in [1.29, 1.82) is 0 Å². The van der Waals surface area contributed by atoms with Crippen molar-refractivity contribution in [2.45, 2.75) is 59.8 Å². The molecule has 1 saturated heterocycles. The maximum absolute atomic E-state index is 13.8. The number of hydrogen-bond acceptors (Lipinski definition) is 3. The molecule has 5 nitrogen and oxygen atoms in total. The fourth-order valence-electron chi connectivity index (χ4n) is 5.82. The van der Waals surface area contributed by atoms with Crippen molar-refractivity contribution >= 4 is 33.5 Å². The third-order valence-electron chi connectivity index (χ3n) is 8.61. The molecule has 2 atom stereocenters. The number of likely N-dealkylation sites (tertiary alicyclic amines) is 1. The number of hydrogen-bond donors (Lipinski definition) is 1. The van der Waals surface area contributed by atoms with Gasteiger partial charge in [0, 0.05) is 40.7 Å². The molecule has 1 aromatic rings. The second-order valence-corrected chi connectivity index (χ2v) is 11.1. The topological polar surface area (TPSA) is 61.8 Å². The Hall–Kier alpha value is -1.69. The number of piperidine rings is 1. The molecule has 0 unspecified atom stereocenters. The van der Waals surface area contributed by atoms with Crippen LogP contribution in [0, 0.1) is 22.2 Å². The molecule has 0 spiro atoms. The summed E-state index contributed by atoms with van der Waals surface area (Å²) in [5.41, 5.74) is 3.50. The second-order valence-electron chi connectivity index (χ2n) is 10.2. The van der Waals surface area contributed by atoms with Crippen molar-refractivity contribution in [2.24, 2.45) is 27.3 Å². The number of carbonyl (C=O) groups is 2. The van der Waals surface area contributed by atoms with Gasteiger partial charge in [-0.2, -0.15) is 5.10 Å². The molecule has 162 valence electrons. The molecule has 3 aliphatic rings. The average Bonchev–Trinajstić information content (AvgIpc) is 3.03. The standard InChI is InChI=1S/C24H32BrN3O2/c1-16-9-13-28(14-10-16)21(30)24-12-11-23(4,22(24,2)3)19(15-24)26-27-20(29)17-5-7-18(25)8-6-17/h5-8,16H,9-15H2,1-4H3,(H,27,29)/b26-19-/t23-,24+/m1/s1. The van der Waals surface area contributed by atoms with Gasteiger partial charge in [-0.25, -0.2) is 5.43 Å². The normalized spacial score (nSPS) is 31.9. The Morgan fingerprint density at radius 3 is 2.37 bits per heavy atom. The van der Waals surface area contributed by atoms with Crippen LogP contribution in [0.1, 0.15) is 70.2 Å². The minimum absolute atomic E-state index is 0.182. The molecule has 1 aromatic carbocycles. The molecule has 2 aliphatic carbocycles. The summed E-state index contributed by atoms with van der Waals surface area (Å²) >= 11 is 3.39. The summed E-state index contributed by atoms with van der Waals surface area (Å²) in [5, 5.41) is 4.59. The van der Waals surface area contributed by atoms with Crippen molar-refractivity contribution in [1.82, 2.24) is 10.3 Å². The number of benzene rings is 1. The van der Waals surface area contributed by atoms with Crippen molar-refractivity contribution in [3.05, 3.63) is 34.3 Å². The van der Waals surface area contributed by atoms with Crippen LogP contribution in [-0.2, 0) is 4.79 Å². The first kappa shape index (κ1) is 21.5. The third-order valence-corrected chi connectivity index (χ3v) is 9.14. The molecule has 0 radical (unpaired) electrons. The van der Waals surface area contributed by atoms with Gasteiger partial charge in [0.1, 0.15) is 0 Å². The zero-order chi connectivity index (χ0) is 21.7. The van der Waals surface area contributed by atoms with Crippen LogP contribution in [-0.4, -0.2) is 35.5 Å². The molecule has 1 N–H and O–H groups in total.